The van der Waals surface area contributed by atoms with Gasteiger partial charge in [0.1, 0.15) is 6.10 Å². The summed E-state index contributed by atoms with van der Waals surface area (Å²) in [6.07, 6.45) is 4.05. The van der Waals surface area contributed by atoms with Gasteiger partial charge in [0.25, 0.3) is 5.91 Å². The molecule has 0 radical (unpaired) electrons. The normalized spacial score (nSPS) is 29.0. The molecule has 3 fully saturated rings. The van der Waals surface area contributed by atoms with Crippen molar-refractivity contribution in [2.75, 3.05) is 26.2 Å². The lowest BCUT2D eigenvalue weighted by Gasteiger charge is -2.39. The van der Waals surface area contributed by atoms with Gasteiger partial charge in [0.2, 0.25) is 5.91 Å². The van der Waals surface area contributed by atoms with E-state index in [1.165, 1.54) is 0 Å². The SMILES string of the molecule is Cc1cccc(CN2CC[C@@]3(CCCN(C(=O)[C@H]4CCCO4)C3)C2=O)n1. The Hall–Kier alpha value is -1.95. The third kappa shape index (κ3) is 3.22. The number of ether oxygens (including phenoxy) is 1. The Labute approximate surface area is 154 Å². The van der Waals surface area contributed by atoms with E-state index in [4.69, 9.17) is 4.74 Å². The van der Waals surface area contributed by atoms with Gasteiger partial charge in [0.15, 0.2) is 0 Å². The molecule has 6 heteroatoms. The molecule has 2 atom stereocenters. The first-order valence-electron chi connectivity index (χ1n) is 9.70. The largest absolute Gasteiger partial charge is 0.368 e. The van der Waals surface area contributed by atoms with E-state index in [1.54, 1.807) is 0 Å². The lowest BCUT2D eigenvalue weighted by molar-refractivity contribution is -0.149. The van der Waals surface area contributed by atoms with Gasteiger partial charge in [-0.15, -0.1) is 0 Å². The van der Waals surface area contributed by atoms with Gasteiger partial charge in [0, 0.05) is 31.9 Å². The summed E-state index contributed by atoms with van der Waals surface area (Å²) in [6.45, 7) is 5.23. The zero-order chi connectivity index (χ0) is 18.1. The Morgan fingerprint density at radius 3 is 2.96 bits per heavy atom. The molecule has 6 nitrogen and oxygen atoms in total. The summed E-state index contributed by atoms with van der Waals surface area (Å²) in [6, 6.07) is 5.92. The van der Waals surface area contributed by atoms with Gasteiger partial charge in [0.05, 0.1) is 17.7 Å². The molecule has 1 aromatic heterocycles. The number of pyridine rings is 1. The number of piperidine rings is 1. The number of aromatic nitrogens is 1. The lowest BCUT2D eigenvalue weighted by atomic mass is 9.78. The fourth-order valence-corrected chi connectivity index (χ4v) is 4.60. The average molecular weight is 357 g/mol. The van der Waals surface area contributed by atoms with Crippen LogP contribution in [0.1, 0.15) is 43.5 Å². The minimum Gasteiger partial charge on any atom is -0.368 e. The first-order chi connectivity index (χ1) is 12.6. The monoisotopic (exact) mass is 357 g/mol. The predicted octanol–water partition coefficient (Wildman–Crippen LogP) is 1.91. The third-order valence-corrected chi connectivity index (χ3v) is 5.99. The number of likely N-dealkylation sites (tertiary alicyclic amines) is 2. The highest BCUT2D eigenvalue weighted by Crippen LogP contribution is 2.41. The molecule has 1 aromatic rings. The Balaban J connectivity index is 1.44. The van der Waals surface area contributed by atoms with Crippen molar-refractivity contribution in [1.29, 1.82) is 0 Å². The third-order valence-electron chi connectivity index (χ3n) is 5.99. The molecule has 3 aliphatic heterocycles. The van der Waals surface area contributed by atoms with Crippen molar-refractivity contribution in [2.24, 2.45) is 5.41 Å². The van der Waals surface area contributed by atoms with E-state index in [0.29, 0.717) is 19.7 Å². The summed E-state index contributed by atoms with van der Waals surface area (Å²) in [4.78, 5) is 34.2. The number of aryl methyl sites for hydroxylation is 1. The number of rotatable bonds is 3. The molecule has 0 bridgehead atoms. The summed E-state index contributed by atoms with van der Waals surface area (Å²) in [5, 5.41) is 0. The molecule has 3 aliphatic rings. The zero-order valence-corrected chi connectivity index (χ0v) is 15.4. The molecule has 0 unspecified atom stereocenters. The average Bonchev–Trinajstić information content (AvgIpc) is 3.27. The Kier molecular flexibility index (Phi) is 4.69. The maximum absolute atomic E-state index is 13.2. The van der Waals surface area contributed by atoms with Crippen molar-refractivity contribution in [3.05, 3.63) is 29.6 Å². The van der Waals surface area contributed by atoms with Gasteiger partial charge in [-0.3, -0.25) is 14.6 Å². The van der Waals surface area contributed by atoms with E-state index in [2.05, 4.69) is 4.98 Å². The fourth-order valence-electron chi connectivity index (χ4n) is 4.60. The van der Waals surface area contributed by atoms with Crippen molar-refractivity contribution < 1.29 is 14.3 Å². The molecule has 3 saturated heterocycles. The number of carbonyl (C=O) groups excluding carboxylic acids is 2. The van der Waals surface area contributed by atoms with Crippen LogP contribution in [0.25, 0.3) is 0 Å². The van der Waals surface area contributed by atoms with Crippen LogP contribution in [0, 0.1) is 12.3 Å². The molecule has 0 aromatic carbocycles. The van der Waals surface area contributed by atoms with Gasteiger partial charge >= 0.3 is 0 Å². The molecule has 140 valence electrons. The van der Waals surface area contributed by atoms with Gasteiger partial charge < -0.3 is 14.5 Å². The van der Waals surface area contributed by atoms with E-state index in [1.807, 2.05) is 34.9 Å². The highest BCUT2D eigenvalue weighted by atomic mass is 16.5. The van der Waals surface area contributed by atoms with Crippen LogP contribution in [0.5, 0.6) is 0 Å². The second kappa shape index (κ2) is 6.99. The fraction of sp³-hybridized carbons (Fsp3) is 0.650. The van der Waals surface area contributed by atoms with Crippen molar-refractivity contribution in [2.45, 2.75) is 51.7 Å². The molecular weight excluding hydrogens is 330 g/mol. The summed E-state index contributed by atoms with van der Waals surface area (Å²) in [7, 11) is 0. The molecule has 0 aliphatic carbocycles. The zero-order valence-electron chi connectivity index (χ0n) is 15.4. The Bertz CT molecular complexity index is 701. The second-order valence-electron chi connectivity index (χ2n) is 7.89. The van der Waals surface area contributed by atoms with Crippen LogP contribution in [-0.2, 0) is 20.9 Å². The first kappa shape index (κ1) is 17.5. The van der Waals surface area contributed by atoms with Crippen LogP contribution in [-0.4, -0.2) is 58.9 Å². The molecule has 2 amide bonds. The van der Waals surface area contributed by atoms with Gasteiger partial charge in [-0.2, -0.15) is 0 Å². The van der Waals surface area contributed by atoms with Crippen LogP contribution in [0.4, 0.5) is 0 Å². The second-order valence-corrected chi connectivity index (χ2v) is 7.89. The number of nitrogens with zero attached hydrogens (tertiary/aromatic N) is 3. The van der Waals surface area contributed by atoms with Crippen molar-refractivity contribution in [1.82, 2.24) is 14.8 Å². The summed E-state index contributed by atoms with van der Waals surface area (Å²) >= 11 is 0. The van der Waals surface area contributed by atoms with Crippen LogP contribution in [0.3, 0.4) is 0 Å². The van der Waals surface area contributed by atoms with Crippen molar-refractivity contribution in [3.63, 3.8) is 0 Å². The van der Waals surface area contributed by atoms with Crippen LogP contribution in [0.15, 0.2) is 18.2 Å². The smallest absolute Gasteiger partial charge is 0.251 e. The maximum Gasteiger partial charge on any atom is 0.251 e. The lowest BCUT2D eigenvalue weighted by Crippen LogP contribution is -2.52. The van der Waals surface area contributed by atoms with Crippen molar-refractivity contribution in [3.8, 4) is 0 Å². The van der Waals surface area contributed by atoms with Gasteiger partial charge in [-0.05, 0) is 51.2 Å². The van der Waals surface area contributed by atoms with Crippen LogP contribution >= 0.6 is 0 Å². The predicted molar refractivity (Wildman–Crippen MR) is 96.2 cm³/mol. The van der Waals surface area contributed by atoms with Crippen LogP contribution < -0.4 is 0 Å². The van der Waals surface area contributed by atoms with E-state index in [9.17, 15) is 9.59 Å². The maximum atomic E-state index is 13.2. The molecular formula is C20H27N3O3. The molecule has 1 spiro atoms. The van der Waals surface area contributed by atoms with Crippen molar-refractivity contribution >= 4 is 11.8 Å². The highest BCUT2D eigenvalue weighted by Gasteiger charge is 2.50. The number of amides is 2. The minimum absolute atomic E-state index is 0.0770. The van der Waals surface area contributed by atoms with E-state index >= 15 is 0 Å². The summed E-state index contributed by atoms with van der Waals surface area (Å²) in [5.74, 6) is 0.263. The Morgan fingerprint density at radius 2 is 2.19 bits per heavy atom. The topological polar surface area (TPSA) is 62.7 Å². The van der Waals surface area contributed by atoms with Gasteiger partial charge in [-0.25, -0.2) is 0 Å². The summed E-state index contributed by atoms with van der Waals surface area (Å²) in [5.41, 5.74) is 1.49. The Morgan fingerprint density at radius 1 is 1.31 bits per heavy atom. The summed E-state index contributed by atoms with van der Waals surface area (Å²) < 4.78 is 5.56. The number of hydrogen-bond acceptors (Lipinski definition) is 4. The molecule has 4 heterocycles. The van der Waals surface area contributed by atoms with E-state index in [-0.39, 0.29) is 17.9 Å². The van der Waals surface area contributed by atoms with Crippen LogP contribution in [0.2, 0.25) is 0 Å². The standard InChI is InChI=1S/C20H27N3O3/c1-15-5-2-6-16(21-15)13-22-11-9-20(19(22)25)8-4-10-23(14-20)18(24)17-7-3-12-26-17/h2,5-6,17H,3-4,7-14H2,1H3/t17-,20-/m1/s1. The minimum atomic E-state index is -0.406. The number of hydrogen-bond donors (Lipinski definition) is 0. The van der Waals surface area contributed by atoms with E-state index < -0.39 is 5.41 Å². The number of carbonyl (C=O) groups is 2. The molecule has 26 heavy (non-hydrogen) atoms. The quantitative estimate of drug-likeness (QED) is 0.829. The molecule has 0 saturated carbocycles. The van der Waals surface area contributed by atoms with E-state index in [0.717, 1.165) is 56.6 Å². The highest BCUT2D eigenvalue weighted by molar-refractivity contribution is 5.87. The van der Waals surface area contributed by atoms with Gasteiger partial charge in [-0.1, -0.05) is 6.07 Å². The molecule has 4 rings (SSSR count). The first-order valence-corrected chi connectivity index (χ1v) is 9.70. The molecule has 0 N–H and O–H groups in total.